The summed E-state index contributed by atoms with van der Waals surface area (Å²) < 4.78 is 0. The van der Waals surface area contributed by atoms with Crippen LogP contribution in [0.5, 0.6) is 0 Å². The van der Waals surface area contributed by atoms with Crippen LogP contribution in [0.15, 0.2) is 0 Å². The number of urea groups is 1. The van der Waals surface area contributed by atoms with Crippen molar-refractivity contribution in [3.63, 3.8) is 0 Å². The average Bonchev–Trinajstić information content (AvgIpc) is 2.38. The van der Waals surface area contributed by atoms with E-state index in [0.717, 1.165) is 32.1 Å². The first kappa shape index (κ1) is 17.5. The van der Waals surface area contributed by atoms with Gasteiger partial charge >= 0.3 is 12.0 Å². The van der Waals surface area contributed by atoms with Crippen LogP contribution in [0.4, 0.5) is 4.79 Å². The first-order chi connectivity index (χ1) is 9.77. The van der Waals surface area contributed by atoms with E-state index >= 15 is 0 Å². The Hall–Kier alpha value is -1.59. The Morgan fingerprint density at radius 1 is 1.29 bits per heavy atom. The lowest BCUT2D eigenvalue weighted by atomic mass is 9.89. The number of carbonyl (C=O) groups excluding carboxylic acids is 2. The number of nitrogens with zero attached hydrogens (tertiary/aromatic N) is 1. The highest BCUT2D eigenvalue weighted by Gasteiger charge is 2.32. The van der Waals surface area contributed by atoms with Crippen molar-refractivity contribution in [1.29, 1.82) is 0 Å². The first-order valence-electron chi connectivity index (χ1n) is 7.61. The smallest absolute Gasteiger partial charge is 0.324 e. The number of imide groups is 1. The van der Waals surface area contributed by atoms with Gasteiger partial charge in [0.2, 0.25) is 5.91 Å². The summed E-state index contributed by atoms with van der Waals surface area (Å²) in [6.45, 7) is 5.68. The molecule has 0 aromatic heterocycles. The van der Waals surface area contributed by atoms with Crippen LogP contribution in [0, 0.1) is 5.41 Å². The molecule has 1 unspecified atom stereocenters. The van der Waals surface area contributed by atoms with Gasteiger partial charge in [-0.1, -0.05) is 13.3 Å². The van der Waals surface area contributed by atoms with Crippen LogP contribution in [0.25, 0.3) is 0 Å². The summed E-state index contributed by atoms with van der Waals surface area (Å²) in [6.07, 6.45) is 4.74. The second-order valence-electron chi connectivity index (χ2n) is 6.35. The lowest BCUT2D eigenvalue weighted by Gasteiger charge is -2.35. The van der Waals surface area contributed by atoms with Crippen LogP contribution in [-0.2, 0) is 9.59 Å². The maximum absolute atomic E-state index is 12.2. The van der Waals surface area contributed by atoms with Gasteiger partial charge in [-0.3, -0.25) is 14.9 Å². The molecule has 120 valence electrons. The third-order valence-corrected chi connectivity index (χ3v) is 3.94. The second kappa shape index (κ2) is 7.43. The second-order valence-corrected chi connectivity index (χ2v) is 6.35. The summed E-state index contributed by atoms with van der Waals surface area (Å²) in [5, 5.41) is 11.3. The highest BCUT2D eigenvalue weighted by atomic mass is 16.4. The van der Waals surface area contributed by atoms with Gasteiger partial charge in [-0.15, -0.1) is 0 Å². The molecule has 0 saturated carbocycles. The maximum Gasteiger partial charge on any atom is 0.324 e. The van der Waals surface area contributed by atoms with Crippen LogP contribution >= 0.6 is 0 Å². The third kappa shape index (κ3) is 5.02. The zero-order valence-corrected chi connectivity index (χ0v) is 13.1. The number of carboxylic acid groups (broad SMARTS) is 1. The number of hydrogen-bond donors (Lipinski definition) is 2. The predicted octanol–water partition coefficient (Wildman–Crippen LogP) is 2.38. The van der Waals surface area contributed by atoms with E-state index in [1.54, 1.807) is 4.90 Å². The van der Waals surface area contributed by atoms with E-state index in [-0.39, 0.29) is 18.5 Å². The zero-order chi connectivity index (χ0) is 16.0. The number of carboxylic acids is 1. The number of piperidine rings is 1. The highest BCUT2D eigenvalue weighted by molar-refractivity contribution is 5.96. The maximum atomic E-state index is 12.2. The zero-order valence-electron chi connectivity index (χ0n) is 13.1. The van der Waals surface area contributed by atoms with E-state index in [1.165, 1.54) is 13.8 Å². The normalized spacial score (nSPS) is 19.2. The van der Waals surface area contributed by atoms with Gasteiger partial charge in [0.15, 0.2) is 0 Å². The summed E-state index contributed by atoms with van der Waals surface area (Å²) in [5.74, 6) is -1.58. The fourth-order valence-corrected chi connectivity index (χ4v) is 2.61. The van der Waals surface area contributed by atoms with E-state index in [4.69, 9.17) is 5.11 Å². The van der Waals surface area contributed by atoms with Crippen molar-refractivity contribution in [2.75, 3.05) is 6.54 Å². The lowest BCUT2D eigenvalue weighted by molar-refractivity contribution is -0.149. The molecule has 1 atom stereocenters. The molecule has 6 nitrogen and oxygen atoms in total. The monoisotopic (exact) mass is 298 g/mol. The molecule has 0 spiro atoms. The molecular weight excluding hydrogens is 272 g/mol. The molecule has 1 rings (SSSR count). The van der Waals surface area contributed by atoms with Crippen molar-refractivity contribution in [1.82, 2.24) is 10.2 Å². The minimum atomic E-state index is -1.17. The quantitative estimate of drug-likeness (QED) is 0.816. The molecule has 1 fully saturated rings. The number of amides is 3. The number of nitrogens with one attached hydrogen (secondary N) is 1. The molecule has 0 aromatic carbocycles. The van der Waals surface area contributed by atoms with Gasteiger partial charge in [-0.25, -0.2) is 4.79 Å². The minimum Gasteiger partial charge on any atom is -0.481 e. The molecule has 2 N–H and O–H groups in total. The van der Waals surface area contributed by atoms with Crippen molar-refractivity contribution in [3.8, 4) is 0 Å². The summed E-state index contributed by atoms with van der Waals surface area (Å²) >= 11 is 0. The molecule has 0 aromatic rings. The third-order valence-electron chi connectivity index (χ3n) is 3.94. The Balaban J connectivity index is 2.58. The van der Waals surface area contributed by atoms with E-state index in [0.29, 0.717) is 6.54 Å². The molecule has 3 amide bonds. The molecule has 1 saturated heterocycles. The lowest BCUT2D eigenvalue weighted by Crippen LogP contribution is -2.50. The molecule has 1 heterocycles. The molecular formula is C15H26N2O4. The molecule has 1 aliphatic rings. The number of aliphatic carboxylic acids is 1. The van der Waals surface area contributed by atoms with Gasteiger partial charge in [-0.2, -0.15) is 0 Å². The summed E-state index contributed by atoms with van der Waals surface area (Å²) in [5.41, 5.74) is -1.17. The first-order valence-corrected chi connectivity index (χ1v) is 7.61. The largest absolute Gasteiger partial charge is 0.481 e. The standard InChI is InChI=1S/C15H26N2O4/c1-4-7-11-8-5-6-9-17(11)14(21)16-12(18)10-15(2,3)13(19)20/h11H,4-10H2,1-3H3,(H,19,20)(H,16,18,21). The topological polar surface area (TPSA) is 86.7 Å². The van der Waals surface area contributed by atoms with Crippen molar-refractivity contribution >= 4 is 17.9 Å². The van der Waals surface area contributed by atoms with Gasteiger partial charge in [0.1, 0.15) is 0 Å². The Morgan fingerprint density at radius 3 is 2.52 bits per heavy atom. The SMILES string of the molecule is CCCC1CCCCN1C(=O)NC(=O)CC(C)(C)C(=O)O. The van der Waals surface area contributed by atoms with E-state index < -0.39 is 17.3 Å². The Labute approximate surface area is 125 Å². The fourth-order valence-electron chi connectivity index (χ4n) is 2.61. The van der Waals surface area contributed by atoms with E-state index in [9.17, 15) is 14.4 Å². The van der Waals surface area contributed by atoms with Crippen LogP contribution in [0.3, 0.4) is 0 Å². The predicted molar refractivity (Wildman–Crippen MR) is 78.8 cm³/mol. The fraction of sp³-hybridized carbons (Fsp3) is 0.800. The van der Waals surface area contributed by atoms with Gasteiger partial charge in [0, 0.05) is 19.0 Å². The number of hydrogen-bond acceptors (Lipinski definition) is 3. The van der Waals surface area contributed by atoms with Crippen LogP contribution < -0.4 is 5.32 Å². The number of likely N-dealkylation sites (tertiary alicyclic amines) is 1. The molecule has 0 aliphatic carbocycles. The van der Waals surface area contributed by atoms with Crippen molar-refractivity contribution in [2.45, 2.75) is 65.3 Å². The van der Waals surface area contributed by atoms with Crippen molar-refractivity contribution < 1.29 is 19.5 Å². The van der Waals surface area contributed by atoms with Crippen LogP contribution in [0.2, 0.25) is 0 Å². The van der Waals surface area contributed by atoms with Gasteiger partial charge in [0.05, 0.1) is 5.41 Å². The van der Waals surface area contributed by atoms with E-state index in [2.05, 4.69) is 12.2 Å². The summed E-state index contributed by atoms with van der Waals surface area (Å²) in [7, 11) is 0. The van der Waals surface area contributed by atoms with Gasteiger partial charge < -0.3 is 10.0 Å². The Kier molecular flexibility index (Phi) is 6.18. The summed E-state index contributed by atoms with van der Waals surface area (Å²) in [4.78, 5) is 36.8. The number of carbonyl (C=O) groups is 3. The molecule has 0 bridgehead atoms. The molecule has 21 heavy (non-hydrogen) atoms. The van der Waals surface area contributed by atoms with Crippen molar-refractivity contribution in [2.24, 2.45) is 5.41 Å². The summed E-state index contributed by atoms with van der Waals surface area (Å²) in [6, 6.07) is -0.205. The van der Waals surface area contributed by atoms with E-state index in [1.807, 2.05) is 0 Å². The van der Waals surface area contributed by atoms with Crippen LogP contribution in [-0.4, -0.2) is 40.5 Å². The Bertz CT molecular complexity index is 404. The van der Waals surface area contributed by atoms with Gasteiger partial charge in [-0.05, 0) is 39.5 Å². The Morgan fingerprint density at radius 2 is 1.95 bits per heavy atom. The molecule has 1 aliphatic heterocycles. The average molecular weight is 298 g/mol. The van der Waals surface area contributed by atoms with Crippen LogP contribution in [0.1, 0.15) is 59.3 Å². The minimum absolute atomic E-state index is 0.184. The number of rotatable bonds is 5. The molecule has 6 heteroatoms. The van der Waals surface area contributed by atoms with Gasteiger partial charge in [0.25, 0.3) is 0 Å². The molecule has 0 radical (unpaired) electrons. The van der Waals surface area contributed by atoms with Crippen molar-refractivity contribution in [3.05, 3.63) is 0 Å². The highest BCUT2D eigenvalue weighted by Crippen LogP contribution is 2.22.